The lowest BCUT2D eigenvalue weighted by Gasteiger charge is -2.29. The van der Waals surface area contributed by atoms with Crippen molar-refractivity contribution < 1.29 is 9.90 Å². The summed E-state index contributed by atoms with van der Waals surface area (Å²) in [6.07, 6.45) is 2.68. The highest BCUT2D eigenvalue weighted by Gasteiger charge is 2.26. The Bertz CT molecular complexity index is 616. The molecule has 0 amide bonds. The molecule has 1 unspecified atom stereocenters. The van der Waals surface area contributed by atoms with Crippen LogP contribution < -0.4 is 0 Å². The molecule has 2 aromatic rings. The second-order valence-electron chi connectivity index (χ2n) is 4.76. The van der Waals surface area contributed by atoms with Gasteiger partial charge in [0.2, 0.25) is 0 Å². The zero-order valence-electron chi connectivity index (χ0n) is 10.1. The Morgan fingerprint density at radius 3 is 2.94 bits per heavy atom. The first-order valence-electron chi connectivity index (χ1n) is 6.00. The van der Waals surface area contributed by atoms with E-state index in [1.807, 2.05) is 6.07 Å². The van der Waals surface area contributed by atoms with Gasteiger partial charge in [0.05, 0.1) is 5.69 Å². The van der Waals surface area contributed by atoms with Crippen molar-refractivity contribution in [3.8, 4) is 0 Å². The minimum absolute atomic E-state index is 0.294. The molecule has 1 aliphatic carbocycles. The SMILES string of the molecule is Cc1nn(CC2Cc3ccccc32)cc1C(=O)O. The standard InChI is InChI=1S/C14H14N2O2/c1-9-13(14(17)18)8-16(15-9)7-11-6-10-4-2-3-5-12(10)11/h2-5,8,11H,6-7H2,1H3,(H,17,18). The van der Waals surface area contributed by atoms with E-state index in [-0.39, 0.29) is 0 Å². The van der Waals surface area contributed by atoms with E-state index < -0.39 is 5.97 Å². The number of hydrogen-bond acceptors (Lipinski definition) is 2. The van der Waals surface area contributed by atoms with Gasteiger partial charge < -0.3 is 5.11 Å². The maximum atomic E-state index is 10.9. The topological polar surface area (TPSA) is 55.1 Å². The van der Waals surface area contributed by atoms with Gasteiger partial charge in [-0.15, -0.1) is 0 Å². The van der Waals surface area contributed by atoms with Crippen LogP contribution in [0.15, 0.2) is 30.5 Å². The van der Waals surface area contributed by atoms with E-state index in [0.29, 0.717) is 17.2 Å². The Balaban J connectivity index is 1.79. The summed E-state index contributed by atoms with van der Waals surface area (Å²) in [7, 11) is 0. The van der Waals surface area contributed by atoms with E-state index in [1.165, 1.54) is 11.1 Å². The fourth-order valence-electron chi connectivity index (χ4n) is 2.57. The lowest BCUT2D eigenvalue weighted by atomic mass is 9.78. The molecule has 0 spiro atoms. The smallest absolute Gasteiger partial charge is 0.339 e. The zero-order valence-corrected chi connectivity index (χ0v) is 10.1. The van der Waals surface area contributed by atoms with Crippen molar-refractivity contribution >= 4 is 5.97 Å². The summed E-state index contributed by atoms with van der Waals surface area (Å²) in [4.78, 5) is 10.9. The third-order valence-electron chi connectivity index (χ3n) is 3.55. The highest BCUT2D eigenvalue weighted by atomic mass is 16.4. The number of carboxylic acid groups (broad SMARTS) is 1. The first-order valence-corrected chi connectivity index (χ1v) is 6.00. The second-order valence-corrected chi connectivity index (χ2v) is 4.76. The molecule has 0 saturated heterocycles. The quantitative estimate of drug-likeness (QED) is 0.898. The number of nitrogens with zero attached hydrogens (tertiary/aromatic N) is 2. The van der Waals surface area contributed by atoms with Gasteiger partial charge >= 0.3 is 5.97 Å². The molecule has 0 radical (unpaired) electrons. The number of aryl methyl sites for hydroxylation is 1. The molecule has 1 aromatic carbocycles. The van der Waals surface area contributed by atoms with Gasteiger partial charge in [-0.1, -0.05) is 24.3 Å². The summed E-state index contributed by atoms with van der Waals surface area (Å²) in [5.41, 5.74) is 3.63. The van der Waals surface area contributed by atoms with Gasteiger partial charge in [0.25, 0.3) is 0 Å². The zero-order chi connectivity index (χ0) is 12.7. The van der Waals surface area contributed by atoms with Crippen molar-refractivity contribution in [3.05, 3.63) is 52.8 Å². The van der Waals surface area contributed by atoms with Gasteiger partial charge in [-0.05, 0) is 24.5 Å². The normalized spacial score (nSPS) is 17.1. The van der Waals surface area contributed by atoms with Crippen LogP contribution in [0.1, 0.15) is 33.1 Å². The molecule has 0 aliphatic heterocycles. The molecule has 18 heavy (non-hydrogen) atoms. The number of carbonyl (C=O) groups is 1. The van der Waals surface area contributed by atoms with Gasteiger partial charge in [0, 0.05) is 18.7 Å². The van der Waals surface area contributed by atoms with Gasteiger partial charge in [0.15, 0.2) is 0 Å². The van der Waals surface area contributed by atoms with Crippen molar-refractivity contribution in [3.63, 3.8) is 0 Å². The maximum Gasteiger partial charge on any atom is 0.339 e. The van der Waals surface area contributed by atoms with E-state index in [0.717, 1.165) is 13.0 Å². The molecule has 1 heterocycles. The van der Waals surface area contributed by atoms with Crippen LogP contribution in [0.5, 0.6) is 0 Å². The molecule has 0 saturated carbocycles. The van der Waals surface area contributed by atoms with E-state index in [2.05, 4.69) is 23.3 Å². The Hall–Kier alpha value is -2.10. The molecule has 1 aliphatic rings. The van der Waals surface area contributed by atoms with Crippen LogP contribution in [0, 0.1) is 6.92 Å². The van der Waals surface area contributed by atoms with Gasteiger partial charge in [0.1, 0.15) is 5.56 Å². The number of rotatable bonds is 3. The minimum atomic E-state index is -0.909. The number of carboxylic acids is 1. The summed E-state index contributed by atoms with van der Waals surface area (Å²) >= 11 is 0. The number of hydrogen-bond donors (Lipinski definition) is 1. The van der Waals surface area contributed by atoms with Gasteiger partial charge in [-0.3, -0.25) is 4.68 Å². The van der Waals surface area contributed by atoms with Crippen LogP contribution >= 0.6 is 0 Å². The van der Waals surface area contributed by atoms with Gasteiger partial charge in [-0.2, -0.15) is 5.10 Å². The van der Waals surface area contributed by atoms with Crippen LogP contribution in [0.4, 0.5) is 0 Å². The van der Waals surface area contributed by atoms with Gasteiger partial charge in [-0.25, -0.2) is 4.79 Å². The molecular formula is C14H14N2O2. The van der Waals surface area contributed by atoms with Crippen molar-refractivity contribution in [2.75, 3.05) is 0 Å². The number of aromatic nitrogens is 2. The number of fused-ring (bicyclic) bond motifs is 1. The highest BCUT2D eigenvalue weighted by Crippen LogP contribution is 2.35. The summed E-state index contributed by atoms with van der Waals surface area (Å²) in [5, 5.41) is 13.3. The fraction of sp³-hybridized carbons (Fsp3) is 0.286. The number of aromatic carboxylic acids is 1. The largest absolute Gasteiger partial charge is 0.478 e. The summed E-state index contributed by atoms with van der Waals surface area (Å²) < 4.78 is 1.75. The van der Waals surface area contributed by atoms with Crippen LogP contribution in [0.25, 0.3) is 0 Å². The average Bonchev–Trinajstić information content (AvgIpc) is 2.67. The van der Waals surface area contributed by atoms with Crippen molar-refractivity contribution in [1.29, 1.82) is 0 Å². The lowest BCUT2D eigenvalue weighted by molar-refractivity contribution is 0.0696. The average molecular weight is 242 g/mol. The molecule has 0 bridgehead atoms. The van der Waals surface area contributed by atoms with E-state index in [1.54, 1.807) is 17.8 Å². The second kappa shape index (κ2) is 3.98. The Kier molecular flexibility index (Phi) is 2.44. The van der Waals surface area contributed by atoms with Crippen molar-refractivity contribution in [2.24, 2.45) is 0 Å². The van der Waals surface area contributed by atoms with Crippen LogP contribution in [-0.2, 0) is 13.0 Å². The molecule has 92 valence electrons. The predicted octanol–water partition coefficient (Wildman–Crippen LogP) is 2.23. The molecule has 1 N–H and O–H groups in total. The lowest BCUT2D eigenvalue weighted by Crippen LogP contribution is -2.22. The summed E-state index contributed by atoms with van der Waals surface area (Å²) in [5.74, 6) is -0.449. The van der Waals surface area contributed by atoms with E-state index in [4.69, 9.17) is 5.11 Å². The maximum absolute atomic E-state index is 10.9. The molecule has 0 fully saturated rings. The monoisotopic (exact) mass is 242 g/mol. The molecule has 3 rings (SSSR count). The first-order chi connectivity index (χ1) is 8.65. The Morgan fingerprint density at radius 1 is 1.50 bits per heavy atom. The molecule has 4 heteroatoms. The molecule has 1 atom stereocenters. The van der Waals surface area contributed by atoms with E-state index in [9.17, 15) is 4.79 Å². The van der Waals surface area contributed by atoms with Crippen LogP contribution in [0.2, 0.25) is 0 Å². The first kappa shape index (κ1) is 11.0. The van der Waals surface area contributed by atoms with Crippen LogP contribution in [0.3, 0.4) is 0 Å². The molecule has 1 aromatic heterocycles. The van der Waals surface area contributed by atoms with Crippen molar-refractivity contribution in [1.82, 2.24) is 9.78 Å². The third kappa shape index (κ3) is 1.70. The third-order valence-corrected chi connectivity index (χ3v) is 3.55. The number of benzene rings is 1. The fourth-order valence-corrected chi connectivity index (χ4v) is 2.57. The van der Waals surface area contributed by atoms with E-state index >= 15 is 0 Å². The van der Waals surface area contributed by atoms with Crippen LogP contribution in [-0.4, -0.2) is 20.9 Å². The van der Waals surface area contributed by atoms with Crippen molar-refractivity contribution in [2.45, 2.75) is 25.8 Å². The molecule has 4 nitrogen and oxygen atoms in total. The highest BCUT2D eigenvalue weighted by molar-refractivity contribution is 5.88. The Labute approximate surface area is 105 Å². The summed E-state index contributed by atoms with van der Waals surface area (Å²) in [6, 6.07) is 8.37. The summed E-state index contributed by atoms with van der Waals surface area (Å²) in [6.45, 7) is 2.49. The predicted molar refractivity (Wildman–Crippen MR) is 66.8 cm³/mol. The molecular weight excluding hydrogens is 228 g/mol. The Morgan fingerprint density at radius 2 is 2.28 bits per heavy atom. The minimum Gasteiger partial charge on any atom is -0.478 e.